The number of sulfonamides is 1. The smallest absolute Gasteiger partial charge is 0.293 e. The molecule has 1 saturated heterocycles. The van der Waals surface area contributed by atoms with Gasteiger partial charge < -0.3 is 20.7 Å². The Balaban J connectivity index is 0.00000420. The van der Waals surface area contributed by atoms with Crippen LogP contribution >= 0.6 is 12.4 Å². The number of nitro groups is 1. The van der Waals surface area contributed by atoms with Crippen LogP contribution in [-0.4, -0.2) is 57.5 Å². The van der Waals surface area contributed by atoms with Crippen molar-refractivity contribution in [3.8, 4) is 0 Å². The standard InChI is InChI=1S/C25H25N5O7S.ClH/c31-24(17-6-2-1-3-7-17)28-21-9-5-4-8-20(21)25(32)29-38(35,36)19-10-11-22(23(14-19)30(33)34)27-16-18-15-26-12-13-37-18;/h1-11,14,18,26-27H,12-13,15-16H2,(H,28,31)(H,29,32);1H. The first-order valence-electron chi connectivity index (χ1n) is 11.6. The molecule has 1 fully saturated rings. The number of halogens is 1. The van der Waals surface area contributed by atoms with E-state index in [4.69, 9.17) is 4.74 Å². The molecule has 1 unspecified atom stereocenters. The summed E-state index contributed by atoms with van der Waals surface area (Å²) in [5, 5.41) is 20.3. The lowest BCUT2D eigenvalue weighted by atomic mass is 10.1. The van der Waals surface area contributed by atoms with Crippen LogP contribution in [0, 0.1) is 10.1 Å². The molecule has 39 heavy (non-hydrogen) atoms. The van der Waals surface area contributed by atoms with Crippen LogP contribution in [0.3, 0.4) is 0 Å². The third-order valence-electron chi connectivity index (χ3n) is 5.68. The quantitative estimate of drug-likeness (QED) is 0.221. The Morgan fingerprint density at radius 1 is 1.00 bits per heavy atom. The fourth-order valence-corrected chi connectivity index (χ4v) is 4.75. The predicted octanol–water partition coefficient (Wildman–Crippen LogP) is 2.79. The van der Waals surface area contributed by atoms with E-state index >= 15 is 0 Å². The van der Waals surface area contributed by atoms with Crippen molar-refractivity contribution in [2.75, 3.05) is 36.9 Å². The zero-order chi connectivity index (χ0) is 27.1. The summed E-state index contributed by atoms with van der Waals surface area (Å²) in [6, 6.07) is 17.5. The van der Waals surface area contributed by atoms with Gasteiger partial charge in [0.15, 0.2) is 0 Å². The summed E-state index contributed by atoms with van der Waals surface area (Å²) in [4.78, 5) is 35.9. The van der Waals surface area contributed by atoms with Crippen LogP contribution in [0.1, 0.15) is 20.7 Å². The molecular formula is C25H26ClN5O7S. The third-order valence-corrected chi connectivity index (χ3v) is 7.01. The SMILES string of the molecule is Cl.O=C(Nc1ccccc1C(=O)NS(=O)(=O)c1ccc(NCC2CNCCO2)c([N+](=O)[O-])c1)c1ccccc1. The fourth-order valence-electron chi connectivity index (χ4n) is 3.76. The summed E-state index contributed by atoms with van der Waals surface area (Å²) < 4.78 is 33.4. The molecule has 3 aromatic carbocycles. The Labute approximate surface area is 230 Å². The van der Waals surface area contributed by atoms with E-state index in [1.807, 2.05) is 4.72 Å². The molecule has 12 nitrogen and oxygen atoms in total. The van der Waals surface area contributed by atoms with Gasteiger partial charge in [0.25, 0.3) is 27.5 Å². The molecule has 0 radical (unpaired) electrons. The average molecular weight is 576 g/mol. The number of hydrogen-bond donors (Lipinski definition) is 4. The van der Waals surface area contributed by atoms with E-state index in [-0.39, 0.29) is 42.0 Å². The van der Waals surface area contributed by atoms with Crippen molar-refractivity contribution in [1.82, 2.24) is 10.0 Å². The van der Waals surface area contributed by atoms with Gasteiger partial charge in [-0.1, -0.05) is 30.3 Å². The largest absolute Gasteiger partial charge is 0.377 e. The number of hydrogen-bond acceptors (Lipinski definition) is 9. The second-order valence-electron chi connectivity index (χ2n) is 8.31. The van der Waals surface area contributed by atoms with E-state index in [9.17, 15) is 28.1 Å². The monoisotopic (exact) mass is 575 g/mol. The van der Waals surface area contributed by atoms with Crippen LogP contribution in [0.2, 0.25) is 0 Å². The van der Waals surface area contributed by atoms with Crippen LogP contribution in [0.15, 0.2) is 77.7 Å². The molecule has 0 aliphatic carbocycles. The maximum atomic E-state index is 13.0. The van der Waals surface area contributed by atoms with E-state index in [1.165, 1.54) is 24.3 Å². The summed E-state index contributed by atoms with van der Waals surface area (Å²) in [6.07, 6.45) is -0.200. The molecule has 1 atom stereocenters. The molecule has 1 aliphatic heterocycles. The van der Waals surface area contributed by atoms with Gasteiger partial charge in [-0.25, -0.2) is 13.1 Å². The number of para-hydroxylation sites is 1. The maximum absolute atomic E-state index is 13.0. The number of nitrogens with one attached hydrogen (secondary N) is 4. The summed E-state index contributed by atoms with van der Waals surface area (Å²) in [5.41, 5.74) is -0.0149. The lowest BCUT2D eigenvalue weighted by Crippen LogP contribution is -2.42. The molecule has 4 rings (SSSR count). The Hall–Kier alpha value is -4.04. The van der Waals surface area contributed by atoms with E-state index < -0.39 is 37.3 Å². The van der Waals surface area contributed by atoms with Gasteiger partial charge in [0.1, 0.15) is 5.69 Å². The van der Waals surface area contributed by atoms with Crippen LogP contribution in [-0.2, 0) is 14.8 Å². The van der Waals surface area contributed by atoms with E-state index in [2.05, 4.69) is 16.0 Å². The summed E-state index contributed by atoms with van der Waals surface area (Å²) in [6.45, 7) is 2.10. The summed E-state index contributed by atoms with van der Waals surface area (Å²) >= 11 is 0. The van der Waals surface area contributed by atoms with Crippen molar-refractivity contribution in [2.45, 2.75) is 11.0 Å². The first-order valence-corrected chi connectivity index (χ1v) is 13.1. The highest BCUT2D eigenvalue weighted by Crippen LogP contribution is 2.28. The summed E-state index contributed by atoms with van der Waals surface area (Å²) in [5.74, 6) is -1.50. The Kier molecular flexibility index (Phi) is 9.95. The lowest BCUT2D eigenvalue weighted by Gasteiger charge is -2.24. The van der Waals surface area contributed by atoms with E-state index in [0.29, 0.717) is 18.7 Å². The molecule has 0 spiro atoms. The Bertz CT molecular complexity index is 1450. The number of rotatable bonds is 9. The van der Waals surface area contributed by atoms with Gasteiger partial charge in [-0.3, -0.25) is 19.7 Å². The van der Waals surface area contributed by atoms with Crippen molar-refractivity contribution >= 4 is 51.3 Å². The van der Waals surface area contributed by atoms with Crippen LogP contribution in [0.4, 0.5) is 17.1 Å². The van der Waals surface area contributed by atoms with E-state index in [0.717, 1.165) is 18.7 Å². The van der Waals surface area contributed by atoms with Gasteiger partial charge in [0.2, 0.25) is 0 Å². The second-order valence-corrected chi connectivity index (χ2v) is 10.00. The number of morpholine rings is 1. The molecule has 1 heterocycles. The molecule has 206 valence electrons. The minimum atomic E-state index is -4.49. The van der Waals surface area contributed by atoms with Crippen molar-refractivity contribution in [3.05, 3.63) is 94.0 Å². The topological polar surface area (TPSA) is 169 Å². The highest BCUT2D eigenvalue weighted by molar-refractivity contribution is 7.90. The fraction of sp³-hybridized carbons (Fsp3) is 0.200. The lowest BCUT2D eigenvalue weighted by molar-refractivity contribution is -0.384. The highest BCUT2D eigenvalue weighted by atomic mass is 35.5. The Morgan fingerprint density at radius 2 is 1.72 bits per heavy atom. The van der Waals surface area contributed by atoms with Crippen molar-refractivity contribution < 1.29 is 27.7 Å². The predicted molar refractivity (Wildman–Crippen MR) is 147 cm³/mol. The average Bonchev–Trinajstić information content (AvgIpc) is 2.92. The molecule has 4 N–H and O–H groups in total. The molecule has 3 aromatic rings. The van der Waals surface area contributed by atoms with Gasteiger partial charge in [-0.05, 0) is 36.4 Å². The molecule has 2 amide bonds. The second kappa shape index (κ2) is 13.2. The van der Waals surface area contributed by atoms with Crippen LogP contribution in [0.25, 0.3) is 0 Å². The number of carbonyl (C=O) groups excluding carboxylic acids is 2. The molecule has 14 heteroatoms. The molecule has 1 aliphatic rings. The number of nitro benzene ring substituents is 1. The van der Waals surface area contributed by atoms with Gasteiger partial charge in [0.05, 0.1) is 33.8 Å². The summed E-state index contributed by atoms with van der Waals surface area (Å²) in [7, 11) is -4.49. The highest BCUT2D eigenvalue weighted by Gasteiger charge is 2.25. The van der Waals surface area contributed by atoms with Gasteiger partial charge in [-0.2, -0.15) is 0 Å². The number of anilines is 2. The number of benzene rings is 3. The normalized spacial score (nSPS) is 14.9. The number of carbonyl (C=O) groups is 2. The van der Waals surface area contributed by atoms with E-state index in [1.54, 1.807) is 36.4 Å². The van der Waals surface area contributed by atoms with Gasteiger partial charge in [-0.15, -0.1) is 12.4 Å². The first-order chi connectivity index (χ1) is 18.2. The van der Waals surface area contributed by atoms with Crippen LogP contribution in [0.5, 0.6) is 0 Å². The molecule has 0 saturated carbocycles. The molecular weight excluding hydrogens is 550 g/mol. The molecule has 0 bridgehead atoms. The third kappa shape index (κ3) is 7.51. The minimum Gasteiger partial charge on any atom is -0.377 e. The minimum absolute atomic E-state index is 0. The Morgan fingerprint density at radius 3 is 2.41 bits per heavy atom. The zero-order valence-corrected chi connectivity index (χ0v) is 22.1. The molecule has 0 aromatic heterocycles. The number of ether oxygens (including phenoxy) is 1. The maximum Gasteiger partial charge on any atom is 0.293 e. The van der Waals surface area contributed by atoms with Gasteiger partial charge in [0, 0.05) is 31.3 Å². The number of nitrogens with zero attached hydrogens (tertiary/aromatic N) is 1. The van der Waals surface area contributed by atoms with Gasteiger partial charge >= 0.3 is 0 Å². The van der Waals surface area contributed by atoms with Crippen LogP contribution < -0.4 is 20.7 Å². The van der Waals surface area contributed by atoms with Crippen molar-refractivity contribution in [1.29, 1.82) is 0 Å². The van der Waals surface area contributed by atoms with Crippen molar-refractivity contribution in [2.24, 2.45) is 0 Å². The van der Waals surface area contributed by atoms with Crippen molar-refractivity contribution in [3.63, 3.8) is 0 Å². The zero-order valence-electron chi connectivity index (χ0n) is 20.5. The first kappa shape index (κ1) is 29.5. The number of amides is 2.